The minimum atomic E-state index is 0.293. The Balaban J connectivity index is 1.51. The molecule has 1 fully saturated rings. The first-order chi connectivity index (χ1) is 11.7. The van der Waals surface area contributed by atoms with Crippen LogP contribution < -0.4 is 10.6 Å². The molecule has 1 atom stereocenters. The summed E-state index contributed by atoms with van der Waals surface area (Å²) in [5.74, 6) is 1.49. The second kappa shape index (κ2) is 8.31. The largest absolute Gasteiger partial charge is 0.376 e. The van der Waals surface area contributed by atoms with E-state index in [0.717, 1.165) is 55.5 Å². The normalized spacial score (nSPS) is 17.0. The van der Waals surface area contributed by atoms with Gasteiger partial charge in [-0.05, 0) is 43.9 Å². The SMILES string of the molecule is Cc1cc(NCC2CCCO2)nc(NCCc2ccc(Cl)cc2)n1. The number of ether oxygens (including phenoxy) is 1. The molecule has 1 aromatic heterocycles. The molecule has 2 N–H and O–H groups in total. The molecule has 2 aromatic rings. The highest BCUT2D eigenvalue weighted by Gasteiger charge is 2.15. The minimum absolute atomic E-state index is 0.293. The van der Waals surface area contributed by atoms with Crippen molar-refractivity contribution in [1.82, 2.24) is 9.97 Å². The Morgan fingerprint density at radius 1 is 1.21 bits per heavy atom. The van der Waals surface area contributed by atoms with E-state index in [0.29, 0.717) is 12.1 Å². The van der Waals surface area contributed by atoms with Crippen LogP contribution in [0.5, 0.6) is 0 Å². The van der Waals surface area contributed by atoms with Crippen LogP contribution in [0, 0.1) is 6.92 Å². The fourth-order valence-corrected chi connectivity index (χ4v) is 2.86. The van der Waals surface area contributed by atoms with E-state index in [9.17, 15) is 0 Å². The van der Waals surface area contributed by atoms with E-state index in [1.165, 1.54) is 5.56 Å². The molecule has 1 aliphatic rings. The molecule has 0 amide bonds. The van der Waals surface area contributed by atoms with Crippen molar-refractivity contribution in [3.8, 4) is 0 Å². The van der Waals surface area contributed by atoms with E-state index in [2.05, 4.69) is 20.6 Å². The zero-order valence-electron chi connectivity index (χ0n) is 13.9. The van der Waals surface area contributed by atoms with Crippen molar-refractivity contribution in [3.05, 3.63) is 46.6 Å². The molecular weight excluding hydrogens is 324 g/mol. The lowest BCUT2D eigenvalue weighted by atomic mass is 10.1. The molecule has 0 radical (unpaired) electrons. The Bertz CT molecular complexity index is 657. The van der Waals surface area contributed by atoms with Gasteiger partial charge in [0.1, 0.15) is 5.82 Å². The van der Waals surface area contributed by atoms with E-state index < -0.39 is 0 Å². The number of nitrogens with one attached hydrogen (secondary N) is 2. The molecule has 1 unspecified atom stereocenters. The van der Waals surface area contributed by atoms with Gasteiger partial charge < -0.3 is 15.4 Å². The first-order valence-electron chi connectivity index (χ1n) is 8.38. The Morgan fingerprint density at radius 2 is 2.04 bits per heavy atom. The minimum Gasteiger partial charge on any atom is -0.376 e. The molecule has 128 valence electrons. The maximum Gasteiger partial charge on any atom is 0.224 e. The molecular formula is C18H23ClN4O. The first-order valence-corrected chi connectivity index (χ1v) is 8.76. The van der Waals surface area contributed by atoms with Gasteiger partial charge in [-0.3, -0.25) is 0 Å². The number of rotatable bonds is 7. The Kier molecular flexibility index (Phi) is 5.88. The summed E-state index contributed by atoms with van der Waals surface area (Å²) < 4.78 is 5.63. The van der Waals surface area contributed by atoms with E-state index in [1.807, 2.05) is 37.3 Å². The fraction of sp³-hybridized carbons (Fsp3) is 0.444. The van der Waals surface area contributed by atoms with Crippen LogP contribution in [0.3, 0.4) is 0 Å². The maximum absolute atomic E-state index is 5.90. The second-order valence-corrected chi connectivity index (χ2v) is 6.47. The zero-order chi connectivity index (χ0) is 16.8. The Morgan fingerprint density at radius 3 is 2.79 bits per heavy atom. The quantitative estimate of drug-likeness (QED) is 0.800. The first kappa shape index (κ1) is 17.0. The lowest BCUT2D eigenvalue weighted by molar-refractivity contribution is 0.120. The van der Waals surface area contributed by atoms with Crippen molar-refractivity contribution in [1.29, 1.82) is 0 Å². The fourth-order valence-electron chi connectivity index (χ4n) is 2.73. The van der Waals surface area contributed by atoms with Gasteiger partial charge in [0.25, 0.3) is 0 Å². The highest BCUT2D eigenvalue weighted by molar-refractivity contribution is 6.30. The van der Waals surface area contributed by atoms with Gasteiger partial charge in [-0.15, -0.1) is 0 Å². The third kappa shape index (κ3) is 5.08. The molecule has 5 nitrogen and oxygen atoms in total. The maximum atomic E-state index is 5.90. The van der Waals surface area contributed by atoms with Crippen LogP contribution in [0.25, 0.3) is 0 Å². The number of aromatic nitrogens is 2. The third-order valence-corrected chi connectivity index (χ3v) is 4.25. The average Bonchev–Trinajstić information content (AvgIpc) is 3.08. The van der Waals surface area contributed by atoms with Crippen LogP contribution in [-0.2, 0) is 11.2 Å². The highest BCUT2D eigenvalue weighted by Crippen LogP contribution is 2.15. The predicted octanol–water partition coefficient (Wildman–Crippen LogP) is 3.68. The summed E-state index contributed by atoms with van der Waals surface area (Å²) in [5.41, 5.74) is 2.17. The molecule has 0 aliphatic carbocycles. The van der Waals surface area contributed by atoms with Gasteiger partial charge in [0, 0.05) is 36.5 Å². The van der Waals surface area contributed by atoms with Crippen LogP contribution >= 0.6 is 11.6 Å². The number of halogens is 1. The van der Waals surface area contributed by atoms with Gasteiger partial charge in [-0.1, -0.05) is 23.7 Å². The Labute approximate surface area is 147 Å². The molecule has 2 heterocycles. The van der Waals surface area contributed by atoms with Crippen molar-refractivity contribution in [2.45, 2.75) is 32.3 Å². The van der Waals surface area contributed by atoms with Crippen molar-refractivity contribution in [3.63, 3.8) is 0 Å². The molecule has 0 bridgehead atoms. The number of hydrogen-bond acceptors (Lipinski definition) is 5. The van der Waals surface area contributed by atoms with Gasteiger partial charge in [-0.2, -0.15) is 4.98 Å². The van der Waals surface area contributed by atoms with E-state index in [4.69, 9.17) is 16.3 Å². The number of benzene rings is 1. The van der Waals surface area contributed by atoms with Crippen LogP contribution in [0.15, 0.2) is 30.3 Å². The molecule has 24 heavy (non-hydrogen) atoms. The molecule has 0 spiro atoms. The summed E-state index contributed by atoms with van der Waals surface area (Å²) >= 11 is 5.90. The van der Waals surface area contributed by atoms with Crippen LogP contribution in [0.4, 0.5) is 11.8 Å². The summed E-state index contributed by atoms with van der Waals surface area (Å²) in [4.78, 5) is 8.97. The third-order valence-electron chi connectivity index (χ3n) is 4.00. The molecule has 0 saturated carbocycles. The number of anilines is 2. The van der Waals surface area contributed by atoms with Crippen LogP contribution in [0.2, 0.25) is 5.02 Å². The summed E-state index contributed by atoms with van der Waals surface area (Å²) in [6.07, 6.45) is 3.45. The van der Waals surface area contributed by atoms with Crippen molar-refractivity contribution in [2.24, 2.45) is 0 Å². The van der Waals surface area contributed by atoms with Gasteiger partial charge in [-0.25, -0.2) is 4.98 Å². The zero-order valence-corrected chi connectivity index (χ0v) is 14.6. The van der Waals surface area contributed by atoms with E-state index in [-0.39, 0.29) is 0 Å². The van der Waals surface area contributed by atoms with Gasteiger partial charge in [0.2, 0.25) is 5.95 Å². The standard InChI is InChI=1S/C18H23ClN4O/c1-13-11-17(21-12-16-3-2-10-24-16)23-18(22-13)20-9-8-14-4-6-15(19)7-5-14/h4-7,11,16H,2-3,8-10,12H2,1H3,(H2,20,21,22,23). The monoisotopic (exact) mass is 346 g/mol. The van der Waals surface area contributed by atoms with Crippen molar-refractivity contribution >= 4 is 23.4 Å². The number of aryl methyl sites for hydroxylation is 1. The average molecular weight is 347 g/mol. The summed E-state index contributed by atoms with van der Waals surface area (Å²) in [7, 11) is 0. The topological polar surface area (TPSA) is 59.1 Å². The lowest BCUT2D eigenvalue weighted by Gasteiger charge is -2.13. The number of hydrogen-bond donors (Lipinski definition) is 2. The summed E-state index contributed by atoms with van der Waals surface area (Å²) in [6.45, 7) is 4.41. The molecule has 1 saturated heterocycles. The van der Waals surface area contributed by atoms with Gasteiger partial charge in [0.05, 0.1) is 6.10 Å². The van der Waals surface area contributed by atoms with E-state index >= 15 is 0 Å². The summed E-state index contributed by atoms with van der Waals surface area (Å²) in [5, 5.41) is 7.40. The summed E-state index contributed by atoms with van der Waals surface area (Å²) in [6, 6.07) is 9.85. The predicted molar refractivity (Wildman–Crippen MR) is 97.9 cm³/mol. The Hall–Kier alpha value is -1.85. The second-order valence-electron chi connectivity index (χ2n) is 6.04. The molecule has 1 aromatic carbocycles. The van der Waals surface area contributed by atoms with Crippen LogP contribution in [0.1, 0.15) is 24.1 Å². The van der Waals surface area contributed by atoms with Gasteiger partial charge in [0.15, 0.2) is 0 Å². The van der Waals surface area contributed by atoms with Crippen LogP contribution in [-0.4, -0.2) is 35.8 Å². The molecule has 6 heteroatoms. The van der Waals surface area contributed by atoms with Crippen molar-refractivity contribution in [2.75, 3.05) is 30.3 Å². The molecule has 3 rings (SSSR count). The van der Waals surface area contributed by atoms with E-state index in [1.54, 1.807) is 0 Å². The molecule has 1 aliphatic heterocycles. The van der Waals surface area contributed by atoms with Crippen molar-refractivity contribution < 1.29 is 4.74 Å². The number of nitrogens with zero attached hydrogens (tertiary/aromatic N) is 2. The smallest absolute Gasteiger partial charge is 0.224 e. The highest BCUT2D eigenvalue weighted by atomic mass is 35.5. The van der Waals surface area contributed by atoms with Gasteiger partial charge >= 0.3 is 0 Å². The lowest BCUT2D eigenvalue weighted by Crippen LogP contribution is -2.19.